The maximum atomic E-state index is 12.6. The van der Waals surface area contributed by atoms with E-state index in [1.54, 1.807) is 0 Å². The summed E-state index contributed by atoms with van der Waals surface area (Å²) >= 11 is 0. The highest BCUT2D eigenvalue weighted by molar-refractivity contribution is 14.0. The minimum Gasteiger partial charge on any atom is -0.379 e. The van der Waals surface area contributed by atoms with Crippen LogP contribution in [-0.2, 0) is 20.8 Å². The molecule has 2 N–H and O–H groups in total. The predicted octanol–water partition coefficient (Wildman–Crippen LogP) is 2.79. The van der Waals surface area contributed by atoms with Crippen LogP contribution in [0.4, 0.5) is 0 Å². The van der Waals surface area contributed by atoms with E-state index in [9.17, 15) is 4.79 Å². The average molecular weight is 532 g/mol. The van der Waals surface area contributed by atoms with Gasteiger partial charge in [0.1, 0.15) is 6.54 Å². The van der Waals surface area contributed by atoms with Crippen molar-refractivity contribution in [2.24, 2.45) is 4.99 Å². The molecule has 0 aromatic heterocycles. The third-order valence-corrected chi connectivity index (χ3v) is 4.75. The summed E-state index contributed by atoms with van der Waals surface area (Å²) in [5, 5.41) is 6.46. The number of halogens is 1. The number of carbonyl (C=O) groups excluding carboxylic acids is 1. The van der Waals surface area contributed by atoms with Gasteiger partial charge in [0, 0.05) is 39.4 Å². The Morgan fingerprint density at radius 2 is 2.07 bits per heavy atom. The first-order valence-corrected chi connectivity index (χ1v) is 10.8. The van der Waals surface area contributed by atoms with E-state index < -0.39 is 0 Å². The highest BCUT2D eigenvalue weighted by Gasteiger charge is 2.15. The van der Waals surface area contributed by atoms with Crippen LogP contribution in [0, 0.1) is 0 Å². The molecule has 8 heteroatoms. The topological polar surface area (TPSA) is 75.2 Å². The molecule has 1 aliphatic rings. The number of aliphatic imine (C=N–C) groups is 1. The van der Waals surface area contributed by atoms with Gasteiger partial charge in [0.25, 0.3) is 0 Å². The first kappa shape index (κ1) is 26.6. The number of likely N-dealkylation sites (N-methyl/N-ethyl adjacent to an activating group) is 1. The third kappa shape index (κ3) is 10.6. The Morgan fingerprint density at radius 3 is 2.73 bits per heavy atom. The Balaban J connectivity index is 0.00000450. The summed E-state index contributed by atoms with van der Waals surface area (Å²) in [6.07, 6.45) is 3.38. The van der Waals surface area contributed by atoms with Gasteiger partial charge in [-0.15, -0.1) is 24.0 Å². The van der Waals surface area contributed by atoms with Gasteiger partial charge in [-0.05, 0) is 38.7 Å². The largest absolute Gasteiger partial charge is 0.379 e. The van der Waals surface area contributed by atoms with E-state index in [0.29, 0.717) is 32.3 Å². The van der Waals surface area contributed by atoms with Crippen LogP contribution in [0.1, 0.15) is 38.7 Å². The van der Waals surface area contributed by atoms with Crippen LogP contribution in [0.15, 0.2) is 35.3 Å². The zero-order valence-corrected chi connectivity index (χ0v) is 20.6. The van der Waals surface area contributed by atoms with Crippen LogP contribution < -0.4 is 10.6 Å². The van der Waals surface area contributed by atoms with E-state index in [0.717, 1.165) is 44.5 Å². The summed E-state index contributed by atoms with van der Waals surface area (Å²) in [5.41, 5.74) is 1.12. The first-order chi connectivity index (χ1) is 14.2. The highest BCUT2D eigenvalue weighted by Crippen LogP contribution is 2.11. The maximum absolute atomic E-state index is 12.6. The molecule has 1 fully saturated rings. The molecule has 1 atom stereocenters. The summed E-state index contributed by atoms with van der Waals surface area (Å²) in [6.45, 7) is 9.12. The molecule has 1 aromatic carbocycles. The zero-order valence-electron chi connectivity index (χ0n) is 18.3. The fourth-order valence-electron chi connectivity index (χ4n) is 3.14. The molecule has 1 amide bonds. The van der Waals surface area contributed by atoms with Gasteiger partial charge < -0.3 is 25.0 Å². The van der Waals surface area contributed by atoms with Gasteiger partial charge >= 0.3 is 0 Å². The maximum Gasteiger partial charge on any atom is 0.244 e. The number of amides is 1. The van der Waals surface area contributed by atoms with Crippen molar-refractivity contribution in [3.05, 3.63) is 35.9 Å². The van der Waals surface area contributed by atoms with Gasteiger partial charge in [0.05, 0.1) is 12.7 Å². The predicted molar refractivity (Wildman–Crippen MR) is 131 cm³/mol. The van der Waals surface area contributed by atoms with Crippen molar-refractivity contribution < 1.29 is 14.3 Å². The Labute approximate surface area is 198 Å². The van der Waals surface area contributed by atoms with Crippen LogP contribution in [0.25, 0.3) is 0 Å². The van der Waals surface area contributed by atoms with Crippen LogP contribution >= 0.6 is 24.0 Å². The zero-order chi connectivity index (χ0) is 20.7. The van der Waals surface area contributed by atoms with Crippen LogP contribution in [0.3, 0.4) is 0 Å². The summed E-state index contributed by atoms with van der Waals surface area (Å²) in [5.74, 6) is 0.684. The molecule has 1 unspecified atom stereocenters. The number of nitrogens with zero attached hydrogens (tertiary/aromatic N) is 2. The number of nitrogens with one attached hydrogen (secondary N) is 2. The minimum atomic E-state index is 0. The number of rotatable bonds is 12. The van der Waals surface area contributed by atoms with Crippen molar-refractivity contribution >= 4 is 35.8 Å². The van der Waals surface area contributed by atoms with Crippen molar-refractivity contribution in [1.29, 1.82) is 0 Å². The summed E-state index contributed by atoms with van der Waals surface area (Å²) in [7, 11) is 0. The number of hydrogen-bond acceptors (Lipinski definition) is 4. The average Bonchev–Trinajstić information content (AvgIpc) is 3.26. The molecule has 0 aliphatic carbocycles. The summed E-state index contributed by atoms with van der Waals surface area (Å²) in [4.78, 5) is 18.8. The van der Waals surface area contributed by atoms with Crippen molar-refractivity contribution in [2.75, 3.05) is 46.0 Å². The SMILES string of the molecule is CCNC(=NCC(=O)N(CC)Cc1ccccc1)NCCCOCC1CCCO1.I. The smallest absolute Gasteiger partial charge is 0.244 e. The van der Waals surface area contributed by atoms with Gasteiger partial charge in [-0.25, -0.2) is 4.99 Å². The third-order valence-electron chi connectivity index (χ3n) is 4.75. The number of guanidine groups is 1. The molecule has 7 nitrogen and oxygen atoms in total. The lowest BCUT2D eigenvalue weighted by Crippen LogP contribution is -2.39. The Hall–Kier alpha value is -1.39. The van der Waals surface area contributed by atoms with Crippen LogP contribution in [-0.4, -0.2) is 68.9 Å². The lowest BCUT2D eigenvalue weighted by atomic mass is 10.2. The Morgan fingerprint density at radius 1 is 1.27 bits per heavy atom. The van der Waals surface area contributed by atoms with Gasteiger partial charge in [-0.2, -0.15) is 0 Å². The fraction of sp³-hybridized carbons (Fsp3) is 0.636. The molecule has 0 saturated carbocycles. The quantitative estimate of drug-likeness (QED) is 0.188. The van der Waals surface area contributed by atoms with Crippen LogP contribution in [0.5, 0.6) is 0 Å². The van der Waals surface area contributed by atoms with E-state index in [1.165, 1.54) is 0 Å². The molecule has 30 heavy (non-hydrogen) atoms. The van der Waals surface area contributed by atoms with Crippen molar-refractivity contribution in [3.63, 3.8) is 0 Å². The highest BCUT2D eigenvalue weighted by atomic mass is 127. The van der Waals surface area contributed by atoms with Crippen molar-refractivity contribution in [1.82, 2.24) is 15.5 Å². The molecule has 0 bridgehead atoms. The van der Waals surface area contributed by atoms with E-state index in [-0.39, 0.29) is 42.5 Å². The molecule has 1 saturated heterocycles. The molecular weight excluding hydrogens is 495 g/mol. The monoisotopic (exact) mass is 532 g/mol. The lowest BCUT2D eigenvalue weighted by molar-refractivity contribution is -0.130. The molecule has 0 spiro atoms. The van der Waals surface area contributed by atoms with E-state index in [2.05, 4.69) is 15.6 Å². The Bertz CT molecular complexity index is 610. The van der Waals surface area contributed by atoms with E-state index in [4.69, 9.17) is 9.47 Å². The van der Waals surface area contributed by atoms with E-state index in [1.807, 2.05) is 49.1 Å². The summed E-state index contributed by atoms with van der Waals surface area (Å²) < 4.78 is 11.2. The van der Waals surface area contributed by atoms with Gasteiger partial charge in [-0.3, -0.25) is 4.79 Å². The van der Waals surface area contributed by atoms with Gasteiger partial charge in [0.2, 0.25) is 5.91 Å². The molecule has 0 radical (unpaired) electrons. The molecule has 1 aromatic rings. The first-order valence-electron chi connectivity index (χ1n) is 10.8. The molecule has 1 aliphatic heterocycles. The minimum absolute atomic E-state index is 0. The fourth-order valence-corrected chi connectivity index (χ4v) is 3.14. The van der Waals surface area contributed by atoms with Crippen LogP contribution in [0.2, 0.25) is 0 Å². The molecule has 1 heterocycles. The van der Waals surface area contributed by atoms with Gasteiger partial charge in [-0.1, -0.05) is 30.3 Å². The second kappa shape index (κ2) is 16.3. The second-order valence-electron chi connectivity index (χ2n) is 7.08. The van der Waals surface area contributed by atoms with E-state index >= 15 is 0 Å². The molecular formula is C22H37IN4O3. The summed E-state index contributed by atoms with van der Waals surface area (Å²) in [6, 6.07) is 10.0. The van der Waals surface area contributed by atoms with Crippen molar-refractivity contribution in [3.8, 4) is 0 Å². The number of benzene rings is 1. The van der Waals surface area contributed by atoms with Gasteiger partial charge in [0.15, 0.2) is 5.96 Å². The lowest BCUT2D eigenvalue weighted by Gasteiger charge is -2.20. The number of carbonyl (C=O) groups is 1. The van der Waals surface area contributed by atoms with Crippen molar-refractivity contribution in [2.45, 2.75) is 45.8 Å². The molecule has 2 rings (SSSR count). The number of hydrogen-bond donors (Lipinski definition) is 2. The molecule has 170 valence electrons. The number of ether oxygens (including phenoxy) is 2. The Kier molecular flexibility index (Phi) is 14.5. The normalized spacial score (nSPS) is 16.1. The standard InChI is InChI=1S/C22H36N4O3.HI/c1-3-23-22(24-13-9-14-28-18-20-12-8-15-29-20)25-16-21(27)26(4-2)17-19-10-6-5-7-11-19;/h5-7,10-11,20H,3-4,8-9,12-18H2,1-2H3,(H2,23,24,25);1H. The second-order valence-corrected chi connectivity index (χ2v) is 7.08.